The Labute approximate surface area is 92.1 Å². The van der Waals surface area contributed by atoms with Gasteiger partial charge in [-0.1, -0.05) is 0 Å². The number of fused-ring (bicyclic) bond motifs is 1. The number of benzene rings is 1. The van der Waals surface area contributed by atoms with Crippen LogP contribution in [0.4, 0.5) is 13.2 Å². The topological polar surface area (TPSA) is 62.8 Å². The number of aldehydes is 1. The van der Waals surface area contributed by atoms with Crippen LogP contribution in [0.1, 0.15) is 16.2 Å². The zero-order valence-corrected chi connectivity index (χ0v) is 8.21. The molecule has 0 radical (unpaired) electrons. The van der Waals surface area contributed by atoms with E-state index in [0.29, 0.717) is 0 Å². The molecule has 0 saturated carbocycles. The molecule has 0 saturated heterocycles. The number of nitrogens with one attached hydrogen (secondary N) is 1. The molecule has 0 atom stereocenters. The van der Waals surface area contributed by atoms with Crippen molar-refractivity contribution in [1.29, 1.82) is 0 Å². The summed E-state index contributed by atoms with van der Waals surface area (Å²) in [5, 5.41) is 0.00333. The molecule has 1 N–H and O–H groups in total. The highest BCUT2D eigenvalue weighted by atomic mass is 19.4. The second-order valence-corrected chi connectivity index (χ2v) is 3.30. The first kappa shape index (κ1) is 11.3. The number of rotatable bonds is 1. The van der Waals surface area contributed by atoms with E-state index in [4.69, 9.17) is 0 Å². The lowest BCUT2D eigenvalue weighted by atomic mass is 10.1. The molecule has 0 aliphatic carbocycles. The van der Waals surface area contributed by atoms with Gasteiger partial charge in [0.15, 0.2) is 12.1 Å². The van der Waals surface area contributed by atoms with Crippen LogP contribution >= 0.6 is 0 Å². The van der Waals surface area contributed by atoms with E-state index in [1.54, 1.807) is 0 Å². The maximum atomic E-state index is 12.4. The van der Waals surface area contributed by atoms with Crippen LogP contribution in [0.5, 0.6) is 0 Å². The van der Waals surface area contributed by atoms with Gasteiger partial charge in [0.1, 0.15) is 0 Å². The summed E-state index contributed by atoms with van der Waals surface area (Å²) >= 11 is 0. The van der Waals surface area contributed by atoms with E-state index in [9.17, 15) is 22.8 Å². The Morgan fingerprint density at radius 2 is 2.00 bits per heavy atom. The number of carbonyl (C=O) groups is 1. The number of nitrogens with zero attached hydrogens (tertiary/aromatic N) is 1. The molecule has 0 unspecified atom stereocenters. The molecular formula is C10H5F3N2O2. The van der Waals surface area contributed by atoms with E-state index in [1.807, 2.05) is 0 Å². The average molecular weight is 242 g/mol. The van der Waals surface area contributed by atoms with Gasteiger partial charge >= 0.3 is 6.18 Å². The molecule has 1 aromatic carbocycles. The van der Waals surface area contributed by atoms with Crippen LogP contribution in [-0.4, -0.2) is 16.3 Å². The van der Waals surface area contributed by atoms with Crippen molar-refractivity contribution >= 4 is 17.2 Å². The van der Waals surface area contributed by atoms with Crippen LogP contribution in [-0.2, 0) is 6.18 Å². The summed E-state index contributed by atoms with van der Waals surface area (Å²) in [6.07, 6.45) is -4.25. The van der Waals surface area contributed by atoms with E-state index >= 15 is 0 Å². The van der Waals surface area contributed by atoms with Crippen molar-refractivity contribution in [2.45, 2.75) is 6.18 Å². The van der Waals surface area contributed by atoms with Gasteiger partial charge in [-0.3, -0.25) is 9.59 Å². The van der Waals surface area contributed by atoms with Crippen molar-refractivity contribution in [1.82, 2.24) is 9.97 Å². The molecule has 0 spiro atoms. The van der Waals surface area contributed by atoms with Crippen molar-refractivity contribution < 1.29 is 18.0 Å². The van der Waals surface area contributed by atoms with Crippen LogP contribution in [0, 0.1) is 0 Å². The van der Waals surface area contributed by atoms with Gasteiger partial charge in [0.05, 0.1) is 16.5 Å². The number of hydrogen-bond donors (Lipinski definition) is 1. The van der Waals surface area contributed by atoms with Gasteiger partial charge in [-0.15, -0.1) is 0 Å². The summed E-state index contributed by atoms with van der Waals surface area (Å²) in [5.74, 6) is -0.304. The fourth-order valence-electron chi connectivity index (χ4n) is 1.39. The Kier molecular flexibility index (Phi) is 2.45. The van der Waals surface area contributed by atoms with E-state index < -0.39 is 17.3 Å². The van der Waals surface area contributed by atoms with Gasteiger partial charge in [0, 0.05) is 0 Å². The lowest BCUT2D eigenvalue weighted by molar-refractivity contribution is -0.137. The molecule has 0 fully saturated rings. The first-order valence-corrected chi connectivity index (χ1v) is 4.48. The summed E-state index contributed by atoms with van der Waals surface area (Å²) in [4.78, 5) is 27.6. The quantitative estimate of drug-likeness (QED) is 0.775. The van der Waals surface area contributed by atoms with Crippen LogP contribution < -0.4 is 5.56 Å². The lowest BCUT2D eigenvalue weighted by Gasteiger charge is -2.06. The number of hydrogen-bond acceptors (Lipinski definition) is 3. The molecule has 88 valence electrons. The highest BCUT2D eigenvalue weighted by Gasteiger charge is 2.30. The third-order valence-corrected chi connectivity index (χ3v) is 2.16. The maximum Gasteiger partial charge on any atom is 0.416 e. The van der Waals surface area contributed by atoms with Crippen molar-refractivity contribution in [3.63, 3.8) is 0 Å². The van der Waals surface area contributed by atoms with Gasteiger partial charge in [-0.2, -0.15) is 13.2 Å². The third kappa shape index (κ3) is 2.03. The fourth-order valence-corrected chi connectivity index (χ4v) is 1.39. The average Bonchev–Trinajstić information content (AvgIpc) is 2.27. The summed E-state index contributed by atoms with van der Waals surface area (Å²) < 4.78 is 37.2. The summed E-state index contributed by atoms with van der Waals surface area (Å²) in [6, 6.07) is 2.55. The maximum absolute atomic E-state index is 12.4. The monoisotopic (exact) mass is 242 g/mol. The van der Waals surface area contributed by atoms with Crippen LogP contribution in [0.25, 0.3) is 10.9 Å². The molecule has 17 heavy (non-hydrogen) atoms. The second-order valence-electron chi connectivity index (χ2n) is 3.30. The lowest BCUT2D eigenvalue weighted by Crippen LogP contribution is -2.12. The predicted molar refractivity (Wildman–Crippen MR) is 52.8 cm³/mol. The van der Waals surface area contributed by atoms with Gasteiger partial charge in [-0.05, 0) is 18.2 Å². The molecule has 2 rings (SSSR count). The van der Waals surface area contributed by atoms with E-state index in [1.165, 1.54) is 0 Å². The van der Waals surface area contributed by atoms with Gasteiger partial charge < -0.3 is 4.98 Å². The molecular weight excluding hydrogens is 237 g/mol. The largest absolute Gasteiger partial charge is 0.416 e. The fraction of sp³-hybridized carbons (Fsp3) is 0.100. The second kappa shape index (κ2) is 3.69. The summed E-state index contributed by atoms with van der Waals surface area (Å²) in [5.41, 5.74) is -1.73. The van der Waals surface area contributed by atoms with Crippen LogP contribution in [0.3, 0.4) is 0 Å². The Morgan fingerprint density at radius 1 is 1.29 bits per heavy atom. The van der Waals surface area contributed by atoms with Crippen molar-refractivity contribution in [2.24, 2.45) is 0 Å². The Balaban J connectivity index is 2.77. The smallest absolute Gasteiger partial charge is 0.304 e. The normalized spacial score (nSPS) is 11.7. The molecule has 0 aliphatic rings. The Hall–Kier alpha value is -2.18. The molecule has 0 aliphatic heterocycles. The van der Waals surface area contributed by atoms with E-state index in [0.717, 1.165) is 18.2 Å². The van der Waals surface area contributed by atoms with Gasteiger partial charge in [-0.25, -0.2) is 4.98 Å². The minimum atomic E-state index is -4.51. The molecule has 0 amide bonds. The minimum absolute atomic E-state index is 0.00333. The molecule has 0 bridgehead atoms. The number of carbonyl (C=O) groups excluding carboxylic acids is 1. The SMILES string of the molecule is O=Cc1nc2cc(C(F)(F)F)ccc2c(=O)[nH]1. The molecule has 1 aromatic heterocycles. The number of aromatic nitrogens is 2. The van der Waals surface area contributed by atoms with Gasteiger partial charge in [0.2, 0.25) is 0 Å². The molecule has 2 aromatic rings. The third-order valence-electron chi connectivity index (χ3n) is 2.16. The van der Waals surface area contributed by atoms with Crippen molar-refractivity contribution in [2.75, 3.05) is 0 Å². The highest BCUT2D eigenvalue weighted by molar-refractivity contribution is 5.81. The molecule has 1 heterocycles. The van der Waals surface area contributed by atoms with Crippen LogP contribution in [0.15, 0.2) is 23.0 Å². The first-order valence-electron chi connectivity index (χ1n) is 4.48. The molecule has 7 heteroatoms. The molecule has 4 nitrogen and oxygen atoms in total. The van der Waals surface area contributed by atoms with Crippen molar-refractivity contribution in [3.05, 3.63) is 39.9 Å². The Morgan fingerprint density at radius 3 is 2.59 bits per heavy atom. The minimum Gasteiger partial charge on any atom is -0.304 e. The standard InChI is InChI=1S/C10H5F3N2O2/c11-10(12,13)5-1-2-6-7(3-5)14-8(4-16)15-9(6)17/h1-4H,(H,14,15,17). The summed E-state index contributed by atoms with van der Waals surface area (Å²) in [6.45, 7) is 0. The van der Waals surface area contributed by atoms with E-state index in [2.05, 4.69) is 9.97 Å². The highest BCUT2D eigenvalue weighted by Crippen LogP contribution is 2.30. The zero-order chi connectivity index (χ0) is 12.6. The van der Waals surface area contributed by atoms with Crippen LogP contribution in [0.2, 0.25) is 0 Å². The number of H-pyrrole nitrogens is 1. The first-order chi connectivity index (χ1) is 7.91. The zero-order valence-electron chi connectivity index (χ0n) is 8.21. The number of alkyl halides is 3. The Bertz CT molecular complexity index is 646. The predicted octanol–water partition coefficient (Wildman–Crippen LogP) is 1.75. The number of halogens is 3. The van der Waals surface area contributed by atoms with Gasteiger partial charge in [0.25, 0.3) is 5.56 Å². The number of aromatic amines is 1. The van der Waals surface area contributed by atoms with E-state index in [-0.39, 0.29) is 23.0 Å². The summed E-state index contributed by atoms with van der Waals surface area (Å²) in [7, 11) is 0. The van der Waals surface area contributed by atoms with Crippen molar-refractivity contribution in [3.8, 4) is 0 Å².